The maximum Gasteiger partial charge on any atom is 0.0697 e. The minimum absolute atomic E-state index is 0.0495. The second-order valence-corrected chi connectivity index (χ2v) is 6.15. The zero-order chi connectivity index (χ0) is 11.7. The predicted molar refractivity (Wildman–Crippen MR) is 67.0 cm³/mol. The van der Waals surface area contributed by atoms with Crippen LogP contribution in [-0.2, 0) is 4.74 Å². The highest BCUT2D eigenvalue weighted by Crippen LogP contribution is 2.41. The van der Waals surface area contributed by atoms with Crippen LogP contribution in [0.15, 0.2) is 0 Å². The molecule has 3 fully saturated rings. The number of likely N-dealkylation sites (tertiary alicyclic amines) is 1. The number of ether oxygens (including phenoxy) is 1. The van der Waals surface area contributed by atoms with Crippen molar-refractivity contribution in [1.82, 2.24) is 4.90 Å². The number of rotatable bonds is 1. The van der Waals surface area contributed by atoms with E-state index in [2.05, 4.69) is 4.90 Å². The molecule has 3 rings (SSSR count). The molecule has 2 aliphatic heterocycles. The molecular formula is C14H25NO2. The number of hydrogen-bond acceptors (Lipinski definition) is 3. The predicted octanol–water partition coefficient (Wildman–Crippen LogP) is 1.93. The van der Waals surface area contributed by atoms with Crippen molar-refractivity contribution in [3.63, 3.8) is 0 Å². The minimum atomic E-state index is -0.0495. The van der Waals surface area contributed by atoms with Crippen molar-refractivity contribution in [2.45, 2.75) is 69.1 Å². The highest BCUT2D eigenvalue weighted by Gasteiger charge is 2.41. The number of hydrogen-bond donors (Lipinski definition) is 1. The van der Waals surface area contributed by atoms with Crippen LogP contribution in [0.3, 0.4) is 0 Å². The van der Waals surface area contributed by atoms with Crippen LogP contribution in [0.2, 0.25) is 0 Å². The van der Waals surface area contributed by atoms with E-state index in [0.717, 1.165) is 32.5 Å². The second-order valence-electron chi connectivity index (χ2n) is 6.15. The Hall–Kier alpha value is -0.120. The van der Waals surface area contributed by atoms with Crippen molar-refractivity contribution >= 4 is 0 Å². The van der Waals surface area contributed by atoms with E-state index >= 15 is 0 Å². The van der Waals surface area contributed by atoms with Crippen molar-refractivity contribution in [2.24, 2.45) is 0 Å². The van der Waals surface area contributed by atoms with Gasteiger partial charge in [-0.1, -0.05) is 12.8 Å². The average Bonchev–Trinajstić information content (AvgIpc) is 2.78. The molecule has 1 N–H and O–H groups in total. The molecule has 98 valence electrons. The molecule has 0 aromatic carbocycles. The molecule has 2 saturated heterocycles. The monoisotopic (exact) mass is 239 g/mol. The lowest BCUT2D eigenvalue weighted by Gasteiger charge is -2.44. The highest BCUT2D eigenvalue weighted by molar-refractivity contribution is 4.94. The van der Waals surface area contributed by atoms with Gasteiger partial charge in [-0.25, -0.2) is 0 Å². The van der Waals surface area contributed by atoms with Gasteiger partial charge in [-0.15, -0.1) is 0 Å². The molecule has 0 bridgehead atoms. The van der Waals surface area contributed by atoms with Crippen LogP contribution in [0.25, 0.3) is 0 Å². The molecule has 0 aromatic rings. The van der Waals surface area contributed by atoms with Gasteiger partial charge in [-0.05, 0) is 38.5 Å². The van der Waals surface area contributed by atoms with E-state index in [4.69, 9.17) is 4.74 Å². The molecule has 3 aliphatic rings. The molecule has 1 saturated carbocycles. The summed E-state index contributed by atoms with van der Waals surface area (Å²) in [4.78, 5) is 2.61. The molecule has 2 heterocycles. The van der Waals surface area contributed by atoms with Crippen molar-refractivity contribution in [3.8, 4) is 0 Å². The summed E-state index contributed by atoms with van der Waals surface area (Å²) in [6, 6.07) is 0.717. The van der Waals surface area contributed by atoms with E-state index < -0.39 is 0 Å². The third-order valence-corrected chi connectivity index (χ3v) is 5.00. The Kier molecular flexibility index (Phi) is 3.42. The van der Waals surface area contributed by atoms with Crippen LogP contribution in [0, 0.1) is 0 Å². The summed E-state index contributed by atoms with van der Waals surface area (Å²) in [5.74, 6) is 0. The summed E-state index contributed by atoms with van der Waals surface area (Å²) in [6.45, 7) is 3.12. The zero-order valence-electron chi connectivity index (χ0n) is 10.7. The number of nitrogens with zero attached hydrogens (tertiary/aromatic N) is 1. The topological polar surface area (TPSA) is 32.7 Å². The van der Waals surface area contributed by atoms with Crippen LogP contribution >= 0.6 is 0 Å². The maximum atomic E-state index is 9.58. The van der Waals surface area contributed by atoms with Gasteiger partial charge in [0.15, 0.2) is 0 Å². The van der Waals surface area contributed by atoms with E-state index in [9.17, 15) is 5.11 Å². The van der Waals surface area contributed by atoms with Gasteiger partial charge >= 0.3 is 0 Å². The molecule has 1 aliphatic carbocycles. The Morgan fingerprint density at radius 1 is 1.06 bits per heavy atom. The molecule has 0 amide bonds. The highest BCUT2D eigenvalue weighted by atomic mass is 16.5. The SMILES string of the molecule is OC1CCN(C2CCOC3(CCCC3)C2)CC1. The summed E-state index contributed by atoms with van der Waals surface area (Å²) < 4.78 is 6.09. The molecule has 1 unspecified atom stereocenters. The maximum absolute atomic E-state index is 9.58. The van der Waals surface area contributed by atoms with E-state index in [0.29, 0.717) is 6.04 Å². The molecule has 0 aromatic heterocycles. The first-order valence-electron chi connectivity index (χ1n) is 7.34. The Balaban J connectivity index is 1.60. The summed E-state index contributed by atoms with van der Waals surface area (Å²) in [5.41, 5.74) is 0.235. The van der Waals surface area contributed by atoms with E-state index in [1.165, 1.54) is 38.5 Å². The lowest BCUT2D eigenvalue weighted by Crippen LogP contribution is -2.50. The van der Waals surface area contributed by atoms with Crippen molar-refractivity contribution in [1.29, 1.82) is 0 Å². The van der Waals surface area contributed by atoms with Crippen molar-refractivity contribution in [2.75, 3.05) is 19.7 Å². The van der Waals surface area contributed by atoms with Crippen LogP contribution in [-0.4, -0.2) is 47.4 Å². The lowest BCUT2D eigenvalue weighted by atomic mass is 9.87. The van der Waals surface area contributed by atoms with Crippen molar-refractivity contribution in [3.05, 3.63) is 0 Å². The van der Waals surface area contributed by atoms with Crippen LogP contribution < -0.4 is 0 Å². The Morgan fingerprint density at radius 3 is 2.47 bits per heavy atom. The summed E-state index contributed by atoms with van der Waals surface area (Å²) >= 11 is 0. The fraction of sp³-hybridized carbons (Fsp3) is 1.00. The number of aliphatic hydroxyl groups excluding tert-OH is 1. The zero-order valence-corrected chi connectivity index (χ0v) is 10.7. The van der Waals surface area contributed by atoms with Crippen LogP contribution in [0.1, 0.15) is 51.4 Å². The van der Waals surface area contributed by atoms with Crippen molar-refractivity contribution < 1.29 is 9.84 Å². The largest absolute Gasteiger partial charge is 0.393 e. The number of piperidine rings is 1. The molecular weight excluding hydrogens is 214 g/mol. The molecule has 0 radical (unpaired) electrons. The van der Waals surface area contributed by atoms with Gasteiger partial charge in [0.1, 0.15) is 0 Å². The van der Waals surface area contributed by atoms with E-state index in [-0.39, 0.29) is 11.7 Å². The normalized spacial score (nSPS) is 35.5. The third kappa shape index (κ3) is 2.51. The molecule has 3 nitrogen and oxygen atoms in total. The molecule has 3 heteroatoms. The summed E-state index contributed by atoms with van der Waals surface area (Å²) in [6.07, 6.45) is 9.57. The third-order valence-electron chi connectivity index (χ3n) is 5.00. The molecule has 17 heavy (non-hydrogen) atoms. The van der Waals surface area contributed by atoms with Crippen LogP contribution in [0.4, 0.5) is 0 Å². The Bertz CT molecular complexity index is 255. The quantitative estimate of drug-likeness (QED) is 0.759. The summed E-state index contributed by atoms with van der Waals surface area (Å²) in [7, 11) is 0. The second kappa shape index (κ2) is 4.87. The van der Waals surface area contributed by atoms with Gasteiger partial charge in [-0.3, -0.25) is 4.90 Å². The fourth-order valence-corrected chi connectivity index (χ4v) is 3.93. The minimum Gasteiger partial charge on any atom is -0.393 e. The van der Waals surface area contributed by atoms with Gasteiger partial charge < -0.3 is 9.84 Å². The first-order valence-corrected chi connectivity index (χ1v) is 7.34. The van der Waals surface area contributed by atoms with Crippen LogP contribution in [0.5, 0.6) is 0 Å². The Morgan fingerprint density at radius 2 is 1.76 bits per heavy atom. The standard InChI is InChI=1S/C14H25NO2/c16-13-3-8-15(9-4-13)12-5-10-17-14(11-12)6-1-2-7-14/h12-13,16H,1-11H2. The van der Waals surface area contributed by atoms with E-state index in [1.54, 1.807) is 0 Å². The van der Waals surface area contributed by atoms with Gasteiger partial charge in [0.05, 0.1) is 11.7 Å². The lowest BCUT2D eigenvalue weighted by molar-refractivity contribution is -0.106. The van der Waals surface area contributed by atoms with Gasteiger partial charge in [0, 0.05) is 25.7 Å². The summed E-state index contributed by atoms with van der Waals surface area (Å²) in [5, 5.41) is 9.58. The molecule has 1 atom stereocenters. The number of aliphatic hydroxyl groups is 1. The first-order chi connectivity index (χ1) is 8.27. The van der Waals surface area contributed by atoms with Gasteiger partial charge in [0.2, 0.25) is 0 Å². The first kappa shape index (κ1) is 11.9. The van der Waals surface area contributed by atoms with E-state index in [1.807, 2.05) is 0 Å². The van der Waals surface area contributed by atoms with Gasteiger partial charge in [-0.2, -0.15) is 0 Å². The van der Waals surface area contributed by atoms with Gasteiger partial charge in [0.25, 0.3) is 0 Å². The molecule has 1 spiro atoms. The fourth-order valence-electron chi connectivity index (χ4n) is 3.93. The average molecular weight is 239 g/mol. The Labute approximate surface area is 104 Å². The smallest absolute Gasteiger partial charge is 0.0697 e.